The quantitative estimate of drug-likeness (QED) is 0.661. The topological polar surface area (TPSA) is 89.4 Å². The number of hydrogen-bond donors (Lipinski definition) is 3. The minimum Gasteiger partial charge on any atom is -0.508 e. The van der Waals surface area contributed by atoms with Crippen molar-refractivity contribution < 1.29 is 10.2 Å². The SMILES string of the molecule is Cc1cc(O)cc(O)c1CN1CCc2c(nc(-c3cccs3)[nH]c2=O)C1. The van der Waals surface area contributed by atoms with Crippen LogP contribution >= 0.6 is 11.3 Å². The molecule has 1 aliphatic heterocycles. The molecule has 1 aromatic carbocycles. The fourth-order valence-corrected chi connectivity index (χ4v) is 4.04. The molecule has 0 saturated heterocycles. The first-order valence-corrected chi connectivity index (χ1v) is 9.29. The normalized spacial score (nSPS) is 14.3. The number of aromatic amines is 1. The number of nitrogens with zero attached hydrogens (tertiary/aromatic N) is 2. The van der Waals surface area contributed by atoms with Crippen LogP contribution in [0.3, 0.4) is 0 Å². The molecule has 3 N–H and O–H groups in total. The largest absolute Gasteiger partial charge is 0.508 e. The summed E-state index contributed by atoms with van der Waals surface area (Å²) in [5.41, 5.74) is 3.09. The Labute approximate surface area is 154 Å². The minimum atomic E-state index is -0.0679. The summed E-state index contributed by atoms with van der Waals surface area (Å²) < 4.78 is 0. The number of aromatic nitrogens is 2. The molecule has 3 aromatic rings. The molecule has 0 spiro atoms. The molecule has 4 rings (SSSR count). The van der Waals surface area contributed by atoms with E-state index in [0.29, 0.717) is 25.3 Å². The second-order valence-corrected chi connectivity index (χ2v) is 7.49. The van der Waals surface area contributed by atoms with Gasteiger partial charge >= 0.3 is 0 Å². The highest BCUT2D eigenvalue weighted by Crippen LogP contribution is 2.29. The fraction of sp³-hybridized carbons (Fsp3) is 0.263. The van der Waals surface area contributed by atoms with Gasteiger partial charge in [-0.3, -0.25) is 9.69 Å². The van der Waals surface area contributed by atoms with Crippen LogP contribution in [0.25, 0.3) is 10.7 Å². The van der Waals surface area contributed by atoms with E-state index in [1.165, 1.54) is 6.07 Å². The predicted octanol–water partition coefficient (Wildman–Crippen LogP) is 2.78. The van der Waals surface area contributed by atoms with Crippen LogP contribution in [0.5, 0.6) is 11.5 Å². The molecule has 0 amide bonds. The number of thiophene rings is 1. The number of rotatable bonds is 3. The Morgan fingerprint density at radius 2 is 2.19 bits per heavy atom. The van der Waals surface area contributed by atoms with E-state index in [-0.39, 0.29) is 17.1 Å². The lowest BCUT2D eigenvalue weighted by Crippen LogP contribution is -2.35. The average Bonchev–Trinajstić information content (AvgIpc) is 3.12. The van der Waals surface area contributed by atoms with Gasteiger partial charge in [0.05, 0.1) is 10.6 Å². The Hall–Kier alpha value is -2.64. The summed E-state index contributed by atoms with van der Waals surface area (Å²) in [6.07, 6.45) is 0.625. The van der Waals surface area contributed by atoms with Crippen molar-refractivity contribution in [3.63, 3.8) is 0 Å². The highest BCUT2D eigenvalue weighted by molar-refractivity contribution is 7.13. The van der Waals surface area contributed by atoms with Crippen LogP contribution < -0.4 is 5.56 Å². The zero-order valence-electron chi connectivity index (χ0n) is 14.3. The van der Waals surface area contributed by atoms with Gasteiger partial charge in [-0.1, -0.05) is 6.07 Å². The van der Waals surface area contributed by atoms with Crippen LogP contribution in [0.4, 0.5) is 0 Å². The molecule has 0 aliphatic carbocycles. The Balaban J connectivity index is 1.63. The molecule has 0 fully saturated rings. The summed E-state index contributed by atoms with van der Waals surface area (Å²) >= 11 is 1.54. The van der Waals surface area contributed by atoms with Gasteiger partial charge in [0, 0.05) is 36.8 Å². The van der Waals surface area contributed by atoms with E-state index < -0.39 is 0 Å². The third-order valence-corrected chi connectivity index (χ3v) is 5.60. The number of H-pyrrole nitrogens is 1. The highest BCUT2D eigenvalue weighted by Gasteiger charge is 2.23. The van der Waals surface area contributed by atoms with Crippen molar-refractivity contribution in [1.82, 2.24) is 14.9 Å². The van der Waals surface area contributed by atoms with Crippen molar-refractivity contribution in [3.8, 4) is 22.2 Å². The molecular weight excluding hydrogens is 350 g/mol. The second kappa shape index (κ2) is 6.59. The number of phenolic OH excluding ortho intramolecular Hbond substituents is 2. The van der Waals surface area contributed by atoms with Gasteiger partial charge in [0.2, 0.25) is 0 Å². The Morgan fingerprint density at radius 1 is 1.35 bits per heavy atom. The smallest absolute Gasteiger partial charge is 0.254 e. The number of phenols is 2. The molecule has 3 heterocycles. The van der Waals surface area contributed by atoms with Gasteiger partial charge in [-0.05, 0) is 36.4 Å². The number of aryl methyl sites for hydroxylation is 1. The monoisotopic (exact) mass is 369 g/mol. The molecule has 26 heavy (non-hydrogen) atoms. The molecule has 0 atom stereocenters. The lowest BCUT2D eigenvalue weighted by atomic mass is 10.0. The lowest BCUT2D eigenvalue weighted by molar-refractivity contribution is 0.237. The van der Waals surface area contributed by atoms with E-state index in [1.54, 1.807) is 17.4 Å². The molecule has 0 radical (unpaired) electrons. The maximum atomic E-state index is 12.4. The molecule has 2 aromatic heterocycles. The van der Waals surface area contributed by atoms with E-state index >= 15 is 0 Å². The maximum absolute atomic E-state index is 12.4. The summed E-state index contributed by atoms with van der Waals surface area (Å²) in [7, 11) is 0. The van der Waals surface area contributed by atoms with Crippen molar-refractivity contribution in [2.45, 2.75) is 26.4 Å². The number of hydrogen-bond acceptors (Lipinski definition) is 6. The summed E-state index contributed by atoms with van der Waals surface area (Å²) in [6.45, 7) is 3.68. The van der Waals surface area contributed by atoms with E-state index in [0.717, 1.165) is 33.8 Å². The molecule has 6 nitrogen and oxygen atoms in total. The third kappa shape index (κ3) is 3.11. The number of aromatic hydroxyl groups is 2. The fourth-order valence-electron chi connectivity index (χ4n) is 3.37. The van der Waals surface area contributed by atoms with Crippen molar-refractivity contribution >= 4 is 11.3 Å². The number of fused-ring (bicyclic) bond motifs is 1. The summed E-state index contributed by atoms with van der Waals surface area (Å²) in [5.74, 6) is 0.752. The molecule has 0 saturated carbocycles. The average molecular weight is 369 g/mol. The maximum Gasteiger partial charge on any atom is 0.254 e. The third-order valence-electron chi connectivity index (χ3n) is 4.72. The Bertz CT molecular complexity index is 988. The van der Waals surface area contributed by atoms with Gasteiger partial charge in [-0.2, -0.15) is 0 Å². The van der Waals surface area contributed by atoms with Crippen LogP contribution in [-0.4, -0.2) is 31.6 Å². The first-order chi connectivity index (χ1) is 12.5. The standard InChI is InChI=1S/C19H19N3O3S/c1-11-7-12(23)8-16(24)14(11)9-22-5-4-13-15(10-22)20-18(21-19(13)25)17-3-2-6-26-17/h2-3,6-8,23-24H,4-5,9-10H2,1H3,(H,20,21,25). The van der Waals surface area contributed by atoms with Crippen LogP contribution in [0.15, 0.2) is 34.4 Å². The van der Waals surface area contributed by atoms with Crippen molar-refractivity contribution in [1.29, 1.82) is 0 Å². The lowest BCUT2D eigenvalue weighted by Gasteiger charge is -2.28. The van der Waals surface area contributed by atoms with Crippen molar-refractivity contribution in [2.75, 3.05) is 6.54 Å². The number of nitrogens with one attached hydrogen (secondary N) is 1. The molecular formula is C19H19N3O3S. The minimum absolute atomic E-state index is 0.0570. The van der Waals surface area contributed by atoms with Gasteiger partial charge in [0.25, 0.3) is 5.56 Å². The van der Waals surface area contributed by atoms with Gasteiger partial charge < -0.3 is 15.2 Å². The predicted molar refractivity (Wildman–Crippen MR) is 100 cm³/mol. The molecule has 0 unspecified atom stereocenters. The van der Waals surface area contributed by atoms with Gasteiger partial charge in [-0.15, -0.1) is 11.3 Å². The molecule has 7 heteroatoms. The van der Waals surface area contributed by atoms with Crippen LogP contribution in [0.2, 0.25) is 0 Å². The molecule has 0 bridgehead atoms. The summed E-state index contributed by atoms with van der Waals surface area (Å²) in [5, 5.41) is 21.7. The van der Waals surface area contributed by atoms with Gasteiger partial charge in [-0.25, -0.2) is 4.98 Å². The van der Waals surface area contributed by atoms with Crippen molar-refractivity contribution in [2.24, 2.45) is 0 Å². The zero-order chi connectivity index (χ0) is 18.3. The van der Waals surface area contributed by atoms with E-state index in [1.807, 2.05) is 24.4 Å². The van der Waals surface area contributed by atoms with E-state index in [2.05, 4.69) is 14.9 Å². The second-order valence-electron chi connectivity index (χ2n) is 6.54. The van der Waals surface area contributed by atoms with E-state index in [9.17, 15) is 15.0 Å². The van der Waals surface area contributed by atoms with Crippen molar-refractivity contribution in [3.05, 3.63) is 62.4 Å². The first-order valence-electron chi connectivity index (χ1n) is 8.41. The van der Waals surface area contributed by atoms with Crippen LogP contribution in [0, 0.1) is 6.92 Å². The Kier molecular flexibility index (Phi) is 4.26. The highest BCUT2D eigenvalue weighted by atomic mass is 32.1. The molecule has 134 valence electrons. The Morgan fingerprint density at radius 3 is 2.92 bits per heavy atom. The number of benzene rings is 1. The van der Waals surface area contributed by atoms with Crippen LogP contribution in [0.1, 0.15) is 22.4 Å². The first kappa shape index (κ1) is 16.8. The van der Waals surface area contributed by atoms with E-state index in [4.69, 9.17) is 0 Å². The van der Waals surface area contributed by atoms with Gasteiger partial charge in [0.1, 0.15) is 11.5 Å². The molecule has 1 aliphatic rings. The summed E-state index contributed by atoms with van der Waals surface area (Å²) in [4.78, 5) is 23.1. The van der Waals surface area contributed by atoms with Crippen LogP contribution in [-0.2, 0) is 19.5 Å². The zero-order valence-corrected chi connectivity index (χ0v) is 15.1. The summed E-state index contributed by atoms with van der Waals surface area (Å²) in [6, 6.07) is 6.87. The van der Waals surface area contributed by atoms with Gasteiger partial charge in [0.15, 0.2) is 5.82 Å².